The van der Waals surface area contributed by atoms with Crippen LogP contribution in [0.2, 0.25) is 0 Å². The standard InChI is InChI=1S/C2H4O2S/c1-2-5(3)4/h2,5H,1H2/i5D. The minimum atomic E-state index is -3.65. The van der Waals surface area contributed by atoms with Gasteiger partial charge < -0.3 is 0 Å². The van der Waals surface area contributed by atoms with Crippen LogP contribution in [-0.2, 0) is 10.6 Å². The molecule has 0 radical (unpaired) electrons. The summed E-state index contributed by atoms with van der Waals surface area (Å²) in [6, 6.07) is 0. The van der Waals surface area contributed by atoms with E-state index < -0.39 is 10.6 Å². The quantitative estimate of drug-likeness (QED) is 0.453. The van der Waals surface area contributed by atoms with Gasteiger partial charge in [0.1, 0.15) is 0 Å². The Kier molecular flexibility index (Phi) is 1.14. The third-order valence-electron chi connectivity index (χ3n) is 0.136. The summed E-state index contributed by atoms with van der Waals surface area (Å²) in [6.07, 6.45) is 0. The van der Waals surface area contributed by atoms with Crippen molar-refractivity contribution in [2.24, 2.45) is 0 Å². The van der Waals surface area contributed by atoms with E-state index in [1.165, 1.54) is 0 Å². The van der Waals surface area contributed by atoms with Crippen LogP contribution >= 0.6 is 0 Å². The Labute approximate surface area is 33.2 Å². The maximum Gasteiger partial charge on any atom is 0.179 e. The molecule has 0 amide bonds. The Hall–Kier alpha value is -0.310. The van der Waals surface area contributed by atoms with Crippen molar-refractivity contribution in [1.29, 1.82) is 1.12 Å². The molecule has 0 atom stereocenters. The van der Waals surface area contributed by atoms with Gasteiger partial charge in [-0.1, -0.05) is 6.58 Å². The molecule has 0 fully saturated rings. The smallest absolute Gasteiger partial charge is 0.179 e. The highest BCUT2D eigenvalue weighted by atomic mass is 32.2. The second-order valence-electron chi connectivity index (χ2n) is 0.427. The first-order chi connectivity index (χ1) is 2.56. The molecule has 0 N–H and O–H groups in total. The first-order valence-electron chi connectivity index (χ1n) is 1.39. The van der Waals surface area contributed by atoms with Gasteiger partial charge in [-0.2, -0.15) is 0 Å². The van der Waals surface area contributed by atoms with Crippen molar-refractivity contribution in [3.8, 4) is 0 Å². The highest BCUT2D eigenvalue weighted by Gasteiger charge is 1.55. The Bertz CT molecular complexity index is 122. The normalized spacial score (nSPS) is 13.2. The van der Waals surface area contributed by atoms with E-state index in [4.69, 9.17) is 1.12 Å². The molecule has 0 heterocycles. The van der Waals surface area contributed by atoms with E-state index in [0.717, 1.165) is 0 Å². The topological polar surface area (TPSA) is 34.1 Å². The number of rotatable bonds is 1. The lowest BCUT2D eigenvalue weighted by molar-refractivity contribution is 0.622. The number of hydrogen-bond donors (Lipinski definition) is 1. The SMILES string of the molecule is [2H]S(=O)(=O)C=C. The lowest BCUT2D eigenvalue weighted by Gasteiger charge is -1.49. The van der Waals surface area contributed by atoms with Crippen LogP contribution < -0.4 is 0 Å². The zero-order valence-corrected chi connectivity index (χ0v) is 3.33. The van der Waals surface area contributed by atoms with E-state index >= 15 is 0 Å². The van der Waals surface area contributed by atoms with E-state index in [0.29, 0.717) is 5.41 Å². The molecule has 3 heteroatoms. The van der Waals surface area contributed by atoms with E-state index in [1.807, 2.05) is 0 Å². The lowest BCUT2D eigenvalue weighted by Crippen LogP contribution is -1.54. The molecule has 0 unspecified atom stereocenters. The Balaban J connectivity index is 4.25. The van der Waals surface area contributed by atoms with Crippen molar-refractivity contribution < 1.29 is 8.42 Å². The molecule has 30 valence electrons. The van der Waals surface area contributed by atoms with Crippen LogP contribution in [-0.4, -0.2) is 9.54 Å². The van der Waals surface area contributed by atoms with Crippen LogP contribution in [0.5, 0.6) is 0 Å². The summed E-state index contributed by atoms with van der Waals surface area (Å²) in [4.78, 5) is 0. The van der Waals surface area contributed by atoms with Gasteiger partial charge in [0, 0.05) is 5.41 Å². The molecule has 0 aliphatic heterocycles. The van der Waals surface area contributed by atoms with Gasteiger partial charge in [0.05, 0.1) is 0 Å². The predicted octanol–water partition coefficient (Wildman–Crippen LogP) is -0.259. The first-order valence-corrected chi connectivity index (χ1v) is 2.12. The van der Waals surface area contributed by atoms with E-state index in [-0.39, 0.29) is 0 Å². The van der Waals surface area contributed by atoms with Crippen molar-refractivity contribution in [3.05, 3.63) is 12.0 Å². The van der Waals surface area contributed by atoms with Crippen LogP contribution in [0, 0.1) is 0 Å². The van der Waals surface area contributed by atoms with E-state index in [2.05, 4.69) is 6.58 Å². The molecule has 0 aliphatic carbocycles. The molecule has 0 saturated carbocycles. The van der Waals surface area contributed by atoms with Gasteiger partial charge >= 0.3 is 0 Å². The molecule has 0 aromatic carbocycles. The van der Waals surface area contributed by atoms with E-state index in [1.54, 1.807) is 0 Å². The van der Waals surface area contributed by atoms with Gasteiger partial charge in [-0.3, -0.25) is 0 Å². The maximum atomic E-state index is 9.55. The molecule has 0 aliphatic rings. The molecular weight excluding hydrogens is 88.1 g/mol. The van der Waals surface area contributed by atoms with Crippen LogP contribution in [0.15, 0.2) is 12.0 Å². The fourth-order valence-corrected chi connectivity index (χ4v) is 0. The van der Waals surface area contributed by atoms with Gasteiger partial charge in [0.25, 0.3) is 0 Å². The molecule has 0 bridgehead atoms. The van der Waals surface area contributed by atoms with E-state index in [9.17, 15) is 8.42 Å². The van der Waals surface area contributed by atoms with Crippen molar-refractivity contribution >= 4 is 10.6 Å². The lowest BCUT2D eigenvalue weighted by atomic mass is 11.3. The zero-order valence-electron chi connectivity index (χ0n) is 3.51. The van der Waals surface area contributed by atoms with Crippen LogP contribution in [0.4, 0.5) is 0 Å². The largest absolute Gasteiger partial charge is 0.227 e. The van der Waals surface area contributed by atoms with Crippen LogP contribution in [0.25, 0.3) is 0 Å². The van der Waals surface area contributed by atoms with Crippen LogP contribution in [0.1, 0.15) is 0 Å². The van der Waals surface area contributed by atoms with Gasteiger partial charge in [-0.25, -0.2) is 8.42 Å². The van der Waals surface area contributed by atoms with Gasteiger partial charge in [-0.15, -0.1) is 0 Å². The second kappa shape index (κ2) is 1.96. The average Bonchev–Trinajstić information content (AvgIpc) is 1.35. The van der Waals surface area contributed by atoms with Gasteiger partial charge in [0.2, 0.25) is 0 Å². The predicted molar refractivity (Wildman–Crippen MR) is 20.5 cm³/mol. The molecule has 0 saturated heterocycles. The monoisotopic (exact) mass is 93.0 g/mol. The van der Waals surface area contributed by atoms with Crippen molar-refractivity contribution in [1.82, 2.24) is 0 Å². The molecule has 0 rings (SSSR count). The van der Waals surface area contributed by atoms with Crippen molar-refractivity contribution in [3.63, 3.8) is 0 Å². The minimum Gasteiger partial charge on any atom is -0.227 e. The summed E-state index contributed by atoms with van der Waals surface area (Å²) < 4.78 is 25.1. The summed E-state index contributed by atoms with van der Waals surface area (Å²) in [5.74, 6) is 0. The first kappa shape index (κ1) is 2.90. The molecule has 0 spiro atoms. The average molecular weight is 93.1 g/mol. The fraction of sp³-hybridized carbons (Fsp3) is 0. The second-order valence-corrected chi connectivity index (χ2v) is 1.28. The minimum absolute atomic E-state index is 0.576. The highest BCUT2D eigenvalue weighted by molar-refractivity contribution is 7.75. The fourth-order valence-electron chi connectivity index (χ4n) is 0. The summed E-state index contributed by atoms with van der Waals surface area (Å²) in [5, 5.41) is 0.576. The zero-order chi connectivity index (χ0) is 5.21. The number of hydrogen-bond acceptors (Lipinski definition) is 2. The molecule has 0 aromatic heterocycles. The van der Waals surface area contributed by atoms with Crippen LogP contribution in [0.3, 0.4) is 0 Å². The van der Waals surface area contributed by atoms with Gasteiger partial charge in [0.15, 0.2) is 11.7 Å². The molecule has 0 aromatic rings. The number of thiol groups is 1. The Morgan fingerprint density at radius 1 is 2.00 bits per heavy atom. The summed E-state index contributed by atoms with van der Waals surface area (Å²) in [6.45, 7) is 2.86. The van der Waals surface area contributed by atoms with Gasteiger partial charge in [-0.05, 0) is 0 Å². The summed E-state index contributed by atoms with van der Waals surface area (Å²) in [5.41, 5.74) is 0. The molecule has 2 nitrogen and oxygen atoms in total. The molecule has 5 heavy (non-hydrogen) atoms. The summed E-state index contributed by atoms with van der Waals surface area (Å²) >= 11 is 0. The highest BCUT2D eigenvalue weighted by Crippen LogP contribution is 1.53. The van der Waals surface area contributed by atoms with Crippen molar-refractivity contribution in [2.45, 2.75) is 0 Å². The molecular formula is C2H4O2S. The third kappa shape index (κ3) is 3.69. The third-order valence-corrected chi connectivity index (χ3v) is 0.408. The maximum absolute atomic E-state index is 9.55. The van der Waals surface area contributed by atoms with Crippen molar-refractivity contribution in [2.75, 3.05) is 0 Å². The Morgan fingerprint density at radius 2 is 2.20 bits per heavy atom. The summed E-state index contributed by atoms with van der Waals surface area (Å²) in [7, 11) is -3.65. The Morgan fingerprint density at radius 3 is 2.20 bits per heavy atom.